The number of aliphatic hydroxyl groups excluding tert-OH is 2. The van der Waals surface area contributed by atoms with Crippen LogP contribution >= 0.6 is 15.9 Å². The van der Waals surface area contributed by atoms with Gasteiger partial charge in [-0.15, -0.1) is 0 Å². The van der Waals surface area contributed by atoms with Gasteiger partial charge in [0.1, 0.15) is 6.10 Å². The summed E-state index contributed by atoms with van der Waals surface area (Å²) in [6.07, 6.45) is -4.29. The van der Waals surface area contributed by atoms with Crippen LogP contribution in [-0.4, -0.2) is 21.6 Å². The van der Waals surface area contributed by atoms with Crippen LogP contribution in [0.4, 0.5) is 8.78 Å². The van der Waals surface area contributed by atoms with Crippen LogP contribution in [0.3, 0.4) is 0 Å². The maximum Gasteiger partial charge on any atom is 0.263 e. The van der Waals surface area contributed by atoms with Crippen LogP contribution in [0.1, 0.15) is 30.1 Å². The molecule has 1 aromatic carbocycles. The number of hydrogen-bond donors (Lipinski definition) is 2. The number of rotatable bonds is 5. The van der Waals surface area contributed by atoms with Crippen molar-refractivity contribution in [2.75, 3.05) is 5.33 Å². The third-order valence-electron chi connectivity index (χ3n) is 2.27. The van der Waals surface area contributed by atoms with Gasteiger partial charge in [-0.05, 0) is 18.1 Å². The lowest BCUT2D eigenvalue weighted by Gasteiger charge is -2.17. The molecule has 5 heteroatoms. The third-order valence-corrected chi connectivity index (χ3v) is 2.73. The standard InChI is InChI=1S/C11H13BrF2O2/c12-5-4-9(15)10(16)7-2-1-3-8(6-7)11(13)14/h1-3,6,9-11,15-16H,4-5H2. The Morgan fingerprint density at radius 2 is 1.81 bits per heavy atom. The number of hydrogen-bond acceptors (Lipinski definition) is 2. The van der Waals surface area contributed by atoms with Crippen molar-refractivity contribution in [3.8, 4) is 0 Å². The largest absolute Gasteiger partial charge is 0.390 e. The quantitative estimate of drug-likeness (QED) is 0.820. The van der Waals surface area contributed by atoms with E-state index in [1.807, 2.05) is 0 Å². The molecule has 0 aliphatic heterocycles. The Labute approximate surface area is 101 Å². The molecule has 2 atom stereocenters. The van der Waals surface area contributed by atoms with Crippen LogP contribution in [-0.2, 0) is 0 Å². The van der Waals surface area contributed by atoms with Crippen LogP contribution in [0.25, 0.3) is 0 Å². The summed E-state index contributed by atoms with van der Waals surface area (Å²) in [7, 11) is 0. The van der Waals surface area contributed by atoms with E-state index < -0.39 is 18.6 Å². The highest BCUT2D eigenvalue weighted by Crippen LogP contribution is 2.25. The van der Waals surface area contributed by atoms with Crippen LogP contribution in [0.2, 0.25) is 0 Å². The van der Waals surface area contributed by atoms with Gasteiger partial charge in [0.2, 0.25) is 0 Å². The molecular weight excluding hydrogens is 282 g/mol. The Kier molecular flexibility index (Phi) is 5.31. The summed E-state index contributed by atoms with van der Waals surface area (Å²) in [6.45, 7) is 0. The van der Waals surface area contributed by atoms with Gasteiger partial charge in [-0.25, -0.2) is 8.78 Å². The van der Waals surface area contributed by atoms with E-state index >= 15 is 0 Å². The van der Waals surface area contributed by atoms with E-state index in [1.165, 1.54) is 24.3 Å². The summed E-state index contributed by atoms with van der Waals surface area (Å²) < 4.78 is 24.8. The molecule has 0 saturated carbocycles. The van der Waals surface area contributed by atoms with Gasteiger partial charge in [0, 0.05) is 10.9 Å². The van der Waals surface area contributed by atoms with E-state index in [4.69, 9.17) is 0 Å². The minimum absolute atomic E-state index is 0.150. The molecule has 0 fully saturated rings. The molecule has 2 N–H and O–H groups in total. The molecule has 90 valence electrons. The van der Waals surface area contributed by atoms with E-state index in [-0.39, 0.29) is 5.56 Å². The Morgan fingerprint density at radius 1 is 1.19 bits per heavy atom. The van der Waals surface area contributed by atoms with Crippen LogP contribution in [0.5, 0.6) is 0 Å². The van der Waals surface area contributed by atoms with Crippen molar-refractivity contribution in [2.45, 2.75) is 25.1 Å². The van der Waals surface area contributed by atoms with Gasteiger partial charge in [0.05, 0.1) is 6.10 Å². The molecule has 1 rings (SSSR count). The van der Waals surface area contributed by atoms with Crippen molar-refractivity contribution >= 4 is 15.9 Å². The van der Waals surface area contributed by atoms with Crippen molar-refractivity contribution in [1.29, 1.82) is 0 Å². The first-order valence-electron chi connectivity index (χ1n) is 4.86. The predicted molar refractivity (Wildman–Crippen MR) is 60.8 cm³/mol. The minimum atomic E-state index is -2.57. The molecule has 0 aliphatic carbocycles. The van der Waals surface area contributed by atoms with Crippen molar-refractivity contribution in [3.63, 3.8) is 0 Å². The molecule has 0 heterocycles. The molecule has 0 saturated heterocycles. The van der Waals surface area contributed by atoms with Gasteiger partial charge in [-0.1, -0.05) is 34.1 Å². The van der Waals surface area contributed by atoms with Gasteiger partial charge in [-0.2, -0.15) is 0 Å². The molecule has 0 bridgehead atoms. The van der Waals surface area contributed by atoms with Gasteiger partial charge in [0.25, 0.3) is 6.43 Å². The minimum Gasteiger partial charge on any atom is -0.390 e. The fraction of sp³-hybridized carbons (Fsp3) is 0.455. The topological polar surface area (TPSA) is 40.5 Å². The lowest BCUT2D eigenvalue weighted by Crippen LogP contribution is -2.18. The predicted octanol–water partition coefficient (Wildman–Crippen LogP) is 2.80. The molecule has 1 aromatic rings. The average Bonchev–Trinajstić information content (AvgIpc) is 2.28. The molecule has 0 amide bonds. The lowest BCUT2D eigenvalue weighted by atomic mass is 10.0. The first kappa shape index (κ1) is 13.5. The second-order valence-corrected chi connectivity index (χ2v) is 4.25. The summed E-state index contributed by atoms with van der Waals surface area (Å²) in [6, 6.07) is 5.47. The van der Waals surface area contributed by atoms with Crippen LogP contribution < -0.4 is 0 Å². The first-order valence-corrected chi connectivity index (χ1v) is 5.98. The Balaban J connectivity index is 2.82. The summed E-state index contributed by atoms with van der Waals surface area (Å²) in [4.78, 5) is 0. The summed E-state index contributed by atoms with van der Waals surface area (Å²) >= 11 is 3.14. The van der Waals surface area contributed by atoms with Crippen molar-refractivity contribution in [3.05, 3.63) is 35.4 Å². The molecule has 2 unspecified atom stereocenters. The summed E-state index contributed by atoms with van der Waals surface area (Å²) in [5.74, 6) is 0. The molecule has 0 aliphatic rings. The van der Waals surface area contributed by atoms with Crippen molar-refractivity contribution in [2.24, 2.45) is 0 Å². The zero-order valence-electron chi connectivity index (χ0n) is 8.48. The Morgan fingerprint density at radius 3 is 2.38 bits per heavy atom. The van der Waals surface area contributed by atoms with Crippen LogP contribution in [0, 0.1) is 0 Å². The van der Waals surface area contributed by atoms with E-state index in [2.05, 4.69) is 15.9 Å². The third kappa shape index (κ3) is 3.50. The maximum absolute atomic E-state index is 12.4. The molecule has 0 aromatic heterocycles. The highest BCUT2D eigenvalue weighted by molar-refractivity contribution is 9.09. The zero-order valence-corrected chi connectivity index (χ0v) is 10.1. The van der Waals surface area contributed by atoms with Crippen molar-refractivity contribution in [1.82, 2.24) is 0 Å². The molecule has 0 radical (unpaired) electrons. The highest BCUT2D eigenvalue weighted by atomic mass is 79.9. The summed E-state index contributed by atoms with van der Waals surface area (Å²) in [5.41, 5.74) is 0.161. The number of benzene rings is 1. The second-order valence-electron chi connectivity index (χ2n) is 3.46. The fourth-order valence-electron chi connectivity index (χ4n) is 1.37. The average molecular weight is 295 g/mol. The molecule has 16 heavy (non-hydrogen) atoms. The summed E-state index contributed by atoms with van der Waals surface area (Å²) in [5, 5.41) is 19.8. The Hall–Kier alpha value is -0.520. The monoisotopic (exact) mass is 294 g/mol. The van der Waals surface area contributed by atoms with Gasteiger partial charge < -0.3 is 10.2 Å². The molecule has 0 spiro atoms. The molecular formula is C11H13BrF2O2. The number of alkyl halides is 3. The fourth-order valence-corrected chi connectivity index (χ4v) is 1.84. The maximum atomic E-state index is 12.4. The normalized spacial score (nSPS) is 15.1. The molecule has 2 nitrogen and oxygen atoms in total. The van der Waals surface area contributed by atoms with Gasteiger partial charge in [-0.3, -0.25) is 0 Å². The highest BCUT2D eigenvalue weighted by Gasteiger charge is 2.19. The number of halogens is 3. The van der Waals surface area contributed by atoms with Crippen LogP contribution in [0.15, 0.2) is 24.3 Å². The van der Waals surface area contributed by atoms with Gasteiger partial charge >= 0.3 is 0 Å². The van der Waals surface area contributed by atoms with E-state index in [1.54, 1.807) is 0 Å². The van der Waals surface area contributed by atoms with E-state index in [0.717, 1.165) is 0 Å². The smallest absolute Gasteiger partial charge is 0.263 e. The first-order chi connectivity index (χ1) is 7.56. The van der Waals surface area contributed by atoms with Crippen molar-refractivity contribution < 1.29 is 19.0 Å². The lowest BCUT2D eigenvalue weighted by molar-refractivity contribution is 0.0171. The van der Waals surface area contributed by atoms with Gasteiger partial charge in [0.15, 0.2) is 0 Å². The van der Waals surface area contributed by atoms with E-state index in [9.17, 15) is 19.0 Å². The Bertz CT molecular complexity index is 334. The zero-order chi connectivity index (χ0) is 12.1. The second kappa shape index (κ2) is 6.27. The SMILES string of the molecule is OC(CCBr)C(O)c1cccc(C(F)F)c1. The number of aliphatic hydroxyl groups is 2. The van der Waals surface area contributed by atoms with E-state index in [0.29, 0.717) is 17.3 Å².